The van der Waals surface area contributed by atoms with E-state index in [2.05, 4.69) is 0 Å². The Labute approximate surface area is 217 Å². The third-order valence-corrected chi connectivity index (χ3v) is 0. The first-order chi connectivity index (χ1) is 7.07. The van der Waals surface area contributed by atoms with Crippen LogP contribution in [0.15, 0.2) is 0 Å². The molecule has 0 atom stereocenters. The molecule has 0 aliphatic rings. The smallest absolute Gasteiger partial charge is 0 e. The molecule has 0 fully saturated rings. The van der Waals surface area contributed by atoms with Crippen molar-refractivity contribution < 1.29 is 150 Å². The molecule has 2 N–H and O–H groups in total. The summed E-state index contributed by atoms with van der Waals surface area (Å²) in [6.07, 6.45) is 6.00. The summed E-state index contributed by atoms with van der Waals surface area (Å²) in [4.78, 5) is 34.7. The molecule has 0 unspecified atom stereocenters. The van der Waals surface area contributed by atoms with Gasteiger partial charge in [-0.25, -0.2) is 0 Å². The first-order valence-electron chi connectivity index (χ1n) is 3.52. The average Bonchev–Trinajstić information content (AvgIpc) is 2.09. The SMILES string of the molecule is C[C-]=O.C[C-]=O.C[C-]=O.C[C-]=O.[NH-]C[NH-].[Y].[Y].[Y].[Y]. The van der Waals surface area contributed by atoms with Crippen molar-refractivity contribution in [2.75, 3.05) is 6.67 Å². The fourth-order valence-electron chi connectivity index (χ4n) is 0. The Morgan fingerprint density at radius 1 is 0.579 bits per heavy atom. The predicted molar refractivity (Wildman–Crippen MR) is 59.0 cm³/mol. The van der Waals surface area contributed by atoms with Crippen molar-refractivity contribution in [3.05, 3.63) is 11.5 Å². The maximum atomic E-state index is 8.68. The van der Waals surface area contributed by atoms with Crippen LogP contribution in [0.1, 0.15) is 27.7 Å². The molecule has 0 aliphatic heterocycles. The summed E-state index contributed by atoms with van der Waals surface area (Å²) in [5, 5.41) is 0. The van der Waals surface area contributed by atoms with Crippen LogP contribution in [0.3, 0.4) is 0 Å². The van der Waals surface area contributed by atoms with E-state index in [1.807, 2.05) is 0 Å². The molecule has 104 valence electrons. The zero-order valence-electron chi connectivity index (χ0n) is 11.6. The maximum Gasteiger partial charge on any atom is 0 e. The average molecular weight is 572 g/mol. The van der Waals surface area contributed by atoms with Gasteiger partial charge in [-0.3, -0.25) is 31.8 Å². The van der Waals surface area contributed by atoms with Gasteiger partial charge in [0.05, 0.1) is 0 Å². The molecule has 19 heavy (non-hydrogen) atoms. The molecule has 0 aromatic carbocycles. The summed E-state index contributed by atoms with van der Waals surface area (Å²) >= 11 is 0. The van der Waals surface area contributed by atoms with Gasteiger partial charge >= 0.3 is 0 Å². The van der Waals surface area contributed by atoms with Crippen LogP contribution < -0.4 is 0 Å². The van der Waals surface area contributed by atoms with Crippen LogP contribution in [0, 0.1) is 0 Å². The zero-order chi connectivity index (χ0) is 13.5. The molecule has 0 rings (SSSR count). The predicted octanol–water partition coefficient (Wildman–Crippen LogP) is 1.50. The molecule has 0 saturated heterocycles. The molecular formula is C9H16N2O4Y4-6. The number of hydrogen-bond donors (Lipinski definition) is 0. The molecule has 10 heteroatoms. The topological polar surface area (TPSA) is 116 Å². The molecule has 0 spiro atoms. The Kier molecular flexibility index (Phi) is 396. The molecule has 0 aliphatic carbocycles. The van der Waals surface area contributed by atoms with Crippen molar-refractivity contribution >= 4 is 25.1 Å². The van der Waals surface area contributed by atoms with Crippen LogP contribution in [0.4, 0.5) is 0 Å². The monoisotopic (exact) mass is 572 g/mol. The number of hydrogen-bond acceptors (Lipinski definition) is 4. The summed E-state index contributed by atoms with van der Waals surface area (Å²) in [6.45, 7) is 5.03. The Morgan fingerprint density at radius 2 is 0.579 bits per heavy atom. The van der Waals surface area contributed by atoms with Gasteiger partial charge in [-0.2, -0.15) is 27.7 Å². The van der Waals surface area contributed by atoms with Crippen LogP contribution in [0.25, 0.3) is 11.5 Å². The van der Waals surface area contributed by atoms with E-state index in [1.54, 1.807) is 0 Å². The third kappa shape index (κ3) is 836. The van der Waals surface area contributed by atoms with Gasteiger partial charge in [-0.15, -0.1) is 0 Å². The maximum absolute atomic E-state index is 8.68. The number of rotatable bonds is 0. The Morgan fingerprint density at radius 3 is 0.579 bits per heavy atom. The molecule has 0 aromatic heterocycles. The van der Waals surface area contributed by atoms with Gasteiger partial charge in [0.2, 0.25) is 0 Å². The van der Waals surface area contributed by atoms with Crippen molar-refractivity contribution in [2.24, 2.45) is 0 Å². The molecule has 6 nitrogen and oxygen atoms in total. The number of nitrogens with one attached hydrogen (secondary N) is 2. The minimum Gasteiger partial charge on any atom is -0.696 e. The van der Waals surface area contributed by atoms with Crippen LogP contribution in [0.5, 0.6) is 0 Å². The molecule has 0 amide bonds. The van der Waals surface area contributed by atoms with Crippen molar-refractivity contribution in [3.8, 4) is 0 Å². The van der Waals surface area contributed by atoms with E-state index >= 15 is 0 Å². The van der Waals surface area contributed by atoms with Gasteiger partial charge in [0.1, 0.15) is 0 Å². The second-order valence-corrected chi connectivity index (χ2v) is 0.993. The summed E-state index contributed by atoms with van der Waals surface area (Å²) in [5.74, 6) is 0. The van der Waals surface area contributed by atoms with E-state index in [4.69, 9.17) is 30.6 Å². The minimum atomic E-state index is -0.250. The van der Waals surface area contributed by atoms with Gasteiger partial charge in [-0.1, -0.05) is 0 Å². The molecular weight excluding hydrogens is 556 g/mol. The van der Waals surface area contributed by atoms with Crippen molar-refractivity contribution in [2.45, 2.75) is 27.7 Å². The Bertz CT molecular complexity index is 98.4. The van der Waals surface area contributed by atoms with Crippen molar-refractivity contribution in [3.63, 3.8) is 0 Å². The largest absolute Gasteiger partial charge is 0.696 e. The second-order valence-electron chi connectivity index (χ2n) is 0.993. The minimum absolute atomic E-state index is 0. The fourth-order valence-corrected chi connectivity index (χ4v) is 0. The van der Waals surface area contributed by atoms with Crippen LogP contribution in [-0.4, -0.2) is 31.8 Å². The van der Waals surface area contributed by atoms with E-state index in [-0.39, 0.29) is 138 Å². The van der Waals surface area contributed by atoms with Gasteiger partial charge in [0, 0.05) is 131 Å². The van der Waals surface area contributed by atoms with E-state index in [1.165, 1.54) is 52.8 Å². The molecule has 0 aromatic rings. The fraction of sp³-hybridized carbons (Fsp3) is 0.556. The van der Waals surface area contributed by atoms with E-state index < -0.39 is 0 Å². The van der Waals surface area contributed by atoms with Crippen molar-refractivity contribution in [1.29, 1.82) is 0 Å². The standard InChI is InChI=1S/4C2H3O.CH4N2.4Y/c4*1-2-3;2-1-3;;;;/h4*1H3;2-3H,1H2;;;;/q4*-1;-2;;;;. The normalized spacial score (nSPS) is 3.68. The van der Waals surface area contributed by atoms with Crippen LogP contribution >= 0.6 is 0 Å². The van der Waals surface area contributed by atoms with Crippen LogP contribution in [0.2, 0.25) is 0 Å². The Hall–Kier alpha value is 3.02. The van der Waals surface area contributed by atoms with Gasteiger partial charge < -0.3 is 30.6 Å². The second kappa shape index (κ2) is 131. The summed E-state index contributed by atoms with van der Waals surface area (Å²) in [5.41, 5.74) is 11.8. The summed E-state index contributed by atoms with van der Waals surface area (Å²) < 4.78 is 0. The molecule has 4 radical (unpaired) electrons. The van der Waals surface area contributed by atoms with Crippen LogP contribution in [-0.2, 0) is 150 Å². The van der Waals surface area contributed by atoms with E-state index in [0.717, 1.165) is 0 Å². The quantitative estimate of drug-likeness (QED) is 0.410. The third-order valence-electron chi connectivity index (χ3n) is 0. The van der Waals surface area contributed by atoms with Gasteiger partial charge in [0.25, 0.3) is 0 Å². The van der Waals surface area contributed by atoms with Crippen molar-refractivity contribution in [1.82, 2.24) is 0 Å². The Balaban J connectivity index is -0.00000000893. The zero-order valence-corrected chi connectivity index (χ0v) is 23.0. The first-order valence-corrected chi connectivity index (χ1v) is 3.52. The molecule has 0 saturated carbocycles. The van der Waals surface area contributed by atoms with E-state index in [9.17, 15) is 0 Å². The first kappa shape index (κ1) is 57.4. The van der Waals surface area contributed by atoms with E-state index in [0.29, 0.717) is 0 Å². The summed E-state index contributed by atoms with van der Waals surface area (Å²) in [7, 11) is 0. The van der Waals surface area contributed by atoms with Gasteiger partial charge in [0.15, 0.2) is 0 Å². The molecule has 0 bridgehead atoms. The van der Waals surface area contributed by atoms with Gasteiger partial charge in [-0.05, 0) is 0 Å². The summed E-state index contributed by atoms with van der Waals surface area (Å²) in [6, 6.07) is 0. The number of carbonyl (C=O) groups excluding carboxylic acids is 4. The molecule has 0 heterocycles.